The molecule has 4 amide bonds. The summed E-state index contributed by atoms with van der Waals surface area (Å²) in [6.07, 6.45) is 0.759. The number of hydrogen-bond donors (Lipinski definition) is 2. The van der Waals surface area contributed by atoms with E-state index in [9.17, 15) is 14.4 Å². The van der Waals surface area contributed by atoms with Crippen molar-refractivity contribution < 1.29 is 18.8 Å². The van der Waals surface area contributed by atoms with Crippen molar-refractivity contribution in [2.24, 2.45) is 0 Å². The summed E-state index contributed by atoms with van der Waals surface area (Å²) in [5.41, 5.74) is 0.345. The van der Waals surface area contributed by atoms with Crippen LogP contribution in [-0.2, 0) is 21.5 Å². The number of carbonyl (C=O) groups is 3. The quantitative estimate of drug-likeness (QED) is 0.807. The minimum Gasteiger partial charge on any atom is -0.463 e. The van der Waals surface area contributed by atoms with E-state index in [1.54, 1.807) is 32.0 Å². The van der Waals surface area contributed by atoms with Crippen LogP contribution < -0.4 is 10.6 Å². The van der Waals surface area contributed by atoms with E-state index < -0.39 is 23.4 Å². The first kappa shape index (κ1) is 17.7. The SMILES string of the molecule is CCc1ccccc1NC(=O)CN1C(=O)N[C@@](C)(c2ccc(C)o2)C1=O. The normalized spacial score (nSPS) is 19.6. The predicted molar refractivity (Wildman–Crippen MR) is 95.5 cm³/mol. The second-order valence-corrected chi connectivity index (χ2v) is 6.42. The fraction of sp³-hybridized carbons (Fsp3) is 0.316. The van der Waals surface area contributed by atoms with Crippen LogP contribution >= 0.6 is 0 Å². The summed E-state index contributed by atoms with van der Waals surface area (Å²) < 4.78 is 5.51. The van der Waals surface area contributed by atoms with Crippen LogP contribution in [0.1, 0.15) is 30.9 Å². The Hall–Kier alpha value is -3.09. The number of nitrogens with zero attached hydrogens (tertiary/aromatic N) is 1. The number of rotatable bonds is 5. The molecule has 1 aliphatic heterocycles. The molecule has 1 aliphatic rings. The van der Waals surface area contributed by atoms with Crippen molar-refractivity contribution in [2.45, 2.75) is 32.7 Å². The van der Waals surface area contributed by atoms with E-state index in [1.807, 2.05) is 25.1 Å². The van der Waals surface area contributed by atoms with Crippen LogP contribution in [-0.4, -0.2) is 29.3 Å². The van der Waals surface area contributed by atoms with Gasteiger partial charge in [-0.2, -0.15) is 0 Å². The van der Waals surface area contributed by atoms with E-state index in [0.29, 0.717) is 17.2 Å². The van der Waals surface area contributed by atoms with Crippen LogP contribution in [0.25, 0.3) is 0 Å². The zero-order valence-electron chi connectivity index (χ0n) is 15.0. The van der Waals surface area contributed by atoms with Gasteiger partial charge in [-0.15, -0.1) is 0 Å². The standard InChI is InChI=1S/C19H21N3O4/c1-4-13-7-5-6-8-14(13)20-16(23)11-22-17(24)19(3,21-18(22)25)15-10-9-12(2)26-15/h5-10H,4,11H2,1-3H3,(H,20,23)(H,21,25)/t19-/m0/s1. The third-order valence-electron chi connectivity index (χ3n) is 4.48. The smallest absolute Gasteiger partial charge is 0.325 e. The lowest BCUT2D eigenvalue weighted by atomic mass is 9.99. The van der Waals surface area contributed by atoms with Gasteiger partial charge in [-0.1, -0.05) is 25.1 Å². The third kappa shape index (κ3) is 3.08. The van der Waals surface area contributed by atoms with Gasteiger partial charge in [0.25, 0.3) is 5.91 Å². The van der Waals surface area contributed by atoms with Crippen molar-refractivity contribution >= 4 is 23.5 Å². The average molecular weight is 355 g/mol. The van der Waals surface area contributed by atoms with Crippen molar-refractivity contribution in [3.63, 3.8) is 0 Å². The molecule has 2 N–H and O–H groups in total. The zero-order chi connectivity index (χ0) is 18.9. The molecule has 0 saturated carbocycles. The van der Waals surface area contributed by atoms with E-state index in [-0.39, 0.29) is 6.54 Å². The lowest BCUT2D eigenvalue weighted by molar-refractivity contribution is -0.134. The largest absolute Gasteiger partial charge is 0.463 e. The van der Waals surface area contributed by atoms with E-state index in [0.717, 1.165) is 16.9 Å². The molecule has 7 nitrogen and oxygen atoms in total. The maximum Gasteiger partial charge on any atom is 0.325 e. The fourth-order valence-electron chi connectivity index (χ4n) is 2.99. The monoisotopic (exact) mass is 355 g/mol. The summed E-state index contributed by atoms with van der Waals surface area (Å²) in [6, 6.07) is 10.2. The molecule has 1 saturated heterocycles. The number of carbonyl (C=O) groups excluding carboxylic acids is 3. The average Bonchev–Trinajstić information content (AvgIpc) is 3.14. The number of aryl methyl sites for hydroxylation is 2. The highest BCUT2D eigenvalue weighted by molar-refractivity contribution is 6.10. The molecule has 0 spiro atoms. The molecular formula is C19H21N3O4. The van der Waals surface area contributed by atoms with Gasteiger partial charge in [-0.25, -0.2) is 4.79 Å². The molecule has 2 heterocycles. The number of urea groups is 1. The van der Waals surface area contributed by atoms with Crippen LogP contribution in [0.15, 0.2) is 40.8 Å². The Morgan fingerprint density at radius 3 is 2.62 bits per heavy atom. The highest BCUT2D eigenvalue weighted by Gasteiger charge is 2.51. The maximum atomic E-state index is 12.8. The number of imide groups is 1. The summed E-state index contributed by atoms with van der Waals surface area (Å²) in [5.74, 6) is 0.0216. The van der Waals surface area contributed by atoms with Gasteiger partial charge < -0.3 is 15.1 Å². The first-order valence-corrected chi connectivity index (χ1v) is 8.44. The van der Waals surface area contributed by atoms with E-state index in [1.165, 1.54) is 0 Å². The minimum absolute atomic E-state index is 0.340. The van der Waals surface area contributed by atoms with Gasteiger partial charge in [-0.3, -0.25) is 14.5 Å². The molecule has 26 heavy (non-hydrogen) atoms. The molecule has 0 aliphatic carbocycles. The molecule has 1 aromatic heterocycles. The maximum absolute atomic E-state index is 12.8. The molecule has 136 valence electrons. The lowest BCUT2D eigenvalue weighted by Crippen LogP contribution is -2.42. The van der Waals surface area contributed by atoms with Crippen molar-refractivity contribution in [3.05, 3.63) is 53.5 Å². The van der Waals surface area contributed by atoms with Crippen LogP contribution in [0.3, 0.4) is 0 Å². The van der Waals surface area contributed by atoms with Gasteiger partial charge in [0.05, 0.1) is 0 Å². The van der Waals surface area contributed by atoms with Crippen molar-refractivity contribution in [1.82, 2.24) is 10.2 Å². The number of furan rings is 1. The van der Waals surface area contributed by atoms with E-state index in [4.69, 9.17) is 4.42 Å². The molecule has 2 aromatic rings. The highest BCUT2D eigenvalue weighted by atomic mass is 16.3. The highest BCUT2D eigenvalue weighted by Crippen LogP contribution is 2.30. The predicted octanol–water partition coefficient (Wildman–Crippen LogP) is 2.56. The van der Waals surface area contributed by atoms with Gasteiger partial charge in [0, 0.05) is 5.69 Å². The Kier molecular flexibility index (Phi) is 4.54. The van der Waals surface area contributed by atoms with Crippen LogP contribution in [0.5, 0.6) is 0 Å². The molecule has 0 unspecified atom stereocenters. The third-order valence-corrected chi connectivity index (χ3v) is 4.48. The topological polar surface area (TPSA) is 91.7 Å². The first-order valence-electron chi connectivity index (χ1n) is 8.44. The number of amides is 4. The first-order chi connectivity index (χ1) is 12.3. The molecular weight excluding hydrogens is 334 g/mol. The fourth-order valence-corrected chi connectivity index (χ4v) is 2.99. The molecule has 1 fully saturated rings. The number of hydrogen-bond acceptors (Lipinski definition) is 4. The molecule has 3 rings (SSSR count). The van der Waals surface area contributed by atoms with Gasteiger partial charge in [0.15, 0.2) is 5.54 Å². The molecule has 0 bridgehead atoms. The molecule has 7 heteroatoms. The van der Waals surface area contributed by atoms with Gasteiger partial charge in [-0.05, 0) is 44.0 Å². The van der Waals surface area contributed by atoms with Gasteiger partial charge in [0.2, 0.25) is 5.91 Å². The summed E-state index contributed by atoms with van der Waals surface area (Å²) >= 11 is 0. The zero-order valence-corrected chi connectivity index (χ0v) is 15.0. The summed E-state index contributed by atoms with van der Waals surface area (Å²) in [4.78, 5) is 38.3. The van der Waals surface area contributed by atoms with Gasteiger partial charge in [0.1, 0.15) is 18.1 Å². The molecule has 1 atom stereocenters. The molecule has 0 radical (unpaired) electrons. The summed E-state index contributed by atoms with van der Waals surface area (Å²) in [7, 11) is 0. The number of anilines is 1. The van der Waals surface area contributed by atoms with Crippen molar-refractivity contribution in [1.29, 1.82) is 0 Å². The van der Waals surface area contributed by atoms with Crippen LogP contribution in [0, 0.1) is 6.92 Å². The second kappa shape index (κ2) is 6.67. The summed E-state index contributed by atoms with van der Waals surface area (Å²) in [6.45, 7) is 4.94. The van der Waals surface area contributed by atoms with Crippen LogP contribution in [0.4, 0.5) is 10.5 Å². The number of benzene rings is 1. The van der Waals surface area contributed by atoms with E-state index >= 15 is 0 Å². The second-order valence-electron chi connectivity index (χ2n) is 6.42. The van der Waals surface area contributed by atoms with Crippen molar-refractivity contribution in [2.75, 3.05) is 11.9 Å². The van der Waals surface area contributed by atoms with Crippen LogP contribution in [0.2, 0.25) is 0 Å². The van der Waals surface area contributed by atoms with Gasteiger partial charge >= 0.3 is 6.03 Å². The lowest BCUT2D eigenvalue weighted by Gasteiger charge is -2.19. The Labute approximate surface area is 151 Å². The Balaban J connectivity index is 1.74. The number of nitrogens with one attached hydrogen (secondary N) is 2. The Morgan fingerprint density at radius 2 is 1.96 bits per heavy atom. The Morgan fingerprint density at radius 1 is 1.23 bits per heavy atom. The summed E-state index contributed by atoms with van der Waals surface area (Å²) in [5, 5.41) is 5.38. The van der Waals surface area contributed by atoms with Crippen molar-refractivity contribution in [3.8, 4) is 0 Å². The van der Waals surface area contributed by atoms with E-state index in [2.05, 4.69) is 10.6 Å². The minimum atomic E-state index is -1.31. The molecule has 1 aromatic carbocycles. The number of para-hydroxylation sites is 1. The Bertz CT molecular complexity index is 873.